The number of para-hydroxylation sites is 1. The van der Waals surface area contributed by atoms with E-state index in [0.717, 1.165) is 11.1 Å². The first kappa shape index (κ1) is 20.6. The van der Waals surface area contributed by atoms with Crippen LogP contribution in [0.1, 0.15) is 33.8 Å². The third-order valence-corrected chi connectivity index (χ3v) is 5.68. The number of anilines is 2. The summed E-state index contributed by atoms with van der Waals surface area (Å²) in [6.45, 7) is 2.51. The Hall–Kier alpha value is -3.68. The second-order valence-corrected chi connectivity index (χ2v) is 7.83. The SMILES string of the molecule is Cc1cc(C(=O)O)ccc1[C@H]1C[C@@H](F)CN(c2cc(-c3ccccc3O)nnc2N)C1. The molecule has 4 rings (SSSR count). The lowest BCUT2D eigenvalue weighted by Gasteiger charge is -2.37. The van der Waals surface area contributed by atoms with Gasteiger partial charge in [0, 0.05) is 24.6 Å². The van der Waals surface area contributed by atoms with Crippen LogP contribution in [0.25, 0.3) is 11.3 Å². The van der Waals surface area contributed by atoms with Crippen molar-refractivity contribution in [2.75, 3.05) is 23.7 Å². The van der Waals surface area contributed by atoms with Gasteiger partial charge in [0.1, 0.15) is 11.9 Å². The van der Waals surface area contributed by atoms with Gasteiger partial charge in [-0.25, -0.2) is 9.18 Å². The molecule has 31 heavy (non-hydrogen) atoms. The molecule has 2 aromatic carbocycles. The molecule has 1 saturated heterocycles. The fraction of sp³-hybridized carbons (Fsp3) is 0.261. The third-order valence-electron chi connectivity index (χ3n) is 5.68. The number of carbonyl (C=O) groups is 1. The molecule has 2 atom stereocenters. The third kappa shape index (κ3) is 4.14. The van der Waals surface area contributed by atoms with Crippen LogP contribution in [0.5, 0.6) is 5.75 Å². The highest BCUT2D eigenvalue weighted by atomic mass is 19.1. The second kappa shape index (κ2) is 8.22. The zero-order chi connectivity index (χ0) is 22.1. The van der Waals surface area contributed by atoms with Gasteiger partial charge >= 0.3 is 5.97 Å². The van der Waals surface area contributed by atoms with E-state index < -0.39 is 12.1 Å². The number of aromatic hydroxyl groups is 1. The minimum absolute atomic E-state index is 0.0709. The lowest BCUT2D eigenvalue weighted by molar-refractivity contribution is 0.0696. The number of carboxylic acids is 1. The van der Waals surface area contributed by atoms with E-state index >= 15 is 0 Å². The lowest BCUT2D eigenvalue weighted by Crippen LogP contribution is -2.41. The van der Waals surface area contributed by atoms with E-state index in [2.05, 4.69) is 10.2 Å². The molecule has 0 bridgehead atoms. The highest BCUT2D eigenvalue weighted by Crippen LogP contribution is 2.36. The first-order valence-corrected chi connectivity index (χ1v) is 9.98. The number of carboxylic acid groups (broad SMARTS) is 1. The summed E-state index contributed by atoms with van der Waals surface area (Å²) in [5.74, 6) is -0.866. The van der Waals surface area contributed by atoms with Crippen molar-refractivity contribution in [3.05, 3.63) is 65.2 Å². The van der Waals surface area contributed by atoms with Crippen molar-refractivity contribution >= 4 is 17.5 Å². The van der Waals surface area contributed by atoms with Crippen LogP contribution in [0, 0.1) is 6.92 Å². The number of hydrogen-bond donors (Lipinski definition) is 3. The Morgan fingerprint density at radius 3 is 2.65 bits per heavy atom. The highest BCUT2D eigenvalue weighted by Gasteiger charge is 2.31. The molecular weight excluding hydrogens is 399 g/mol. The molecule has 1 aliphatic heterocycles. The molecule has 0 amide bonds. The van der Waals surface area contributed by atoms with Crippen molar-refractivity contribution in [3.63, 3.8) is 0 Å². The maximum atomic E-state index is 14.8. The molecule has 0 unspecified atom stereocenters. The Bertz CT molecular complexity index is 1140. The van der Waals surface area contributed by atoms with Crippen molar-refractivity contribution in [1.82, 2.24) is 10.2 Å². The summed E-state index contributed by atoms with van der Waals surface area (Å²) in [5, 5.41) is 27.5. The van der Waals surface area contributed by atoms with Crippen LogP contribution in [0.4, 0.5) is 15.9 Å². The molecule has 1 fully saturated rings. The van der Waals surface area contributed by atoms with E-state index in [4.69, 9.17) is 5.73 Å². The molecule has 0 radical (unpaired) electrons. The highest BCUT2D eigenvalue weighted by molar-refractivity contribution is 5.88. The number of nitrogen functional groups attached to an aromatic ring is 1. The molecule has 0 saturated carbocycles. The maximum Gasteiger partial charge on any atom is 0.335 e. The van der Waals surface area contributed by atoms with E-state index in [0.29, 0.717) is 29.9 Å². The van der Waals surface area contributed by atoms with Crippen molar-refractivity contribution < 1.29 is 19.4 Å². The van der Waals surface area contributed by atoms with Crippen LogP contribution >= 0.6 is 0 Å². The number of phenols is 1. The zero-order valence-electron chi connectivity index (χ0n) is 17.0. The molecule has 1 aromatic heterocycles. The van der Waals surface area contributed by atoms with Gasteiger partial charge in [-0.15, -0.1) is 10.2 Å². The van der Waals surface area contributed by atoms with Gasteiger partial charge in [-0.1, -0.05) is 18.2 Å². The number of halogens is 1. The number of aromatic nitrogens is 2. The van der Waals surface area contributed by atoms with Crippen LogP contribution in [0.15, 0.2) is 48.5 Å². The van der Waals surface area contributed by atoms with E-state index in [9.17, 15) is 19.4 Å². The average molecular weight is 422 g/mol. The van der Waals surface area contributed by atoms with Gasteiger partial charge in [0.2, 0.25) is 0 Å². The normalized spacial score (nSPS) is 18.7. The fourth-order valence-electron chi connectivity index (χ4n) is 4.19. The predicted octanol–water partition coefficient (Wildman–Crippen LogP) is 3.77. The van der Waals surface area contributed by atoms with Crippen LogP contribution < -0.4 is 10.6 Å². The van der Waals surface area contributed by atoms with Crippen molar-refractivity contribution in [2.45, 2.75) is 25.4 Å². The van der Waals surface area contributed by atoms with E-state index in [1.807, 2.05) is 11.8 Å². The van der Waals surface area contributed by atoms with Crippen molar-refractivity contribution in [2.24, 2.45) is 0 Å². The summed E-state index contributed by atoms with van der Waals surface area (Å²) in [6, 6.07) is 13.4. The van der Waals surface area contributed by atoms with Gasteiger partial charge in [0.15, 0.2) is 5.82 Å². The molecule has 4 N–H and O–H groups in total. The monoisotopic (exact) mass is 422 g/mol. The smallest absolute Gasteiger partial charge is 0.335 e. The van der Waals surface area contributed by atoms with Gasteiger partial charge in [-0.3, -0.25) is 0 Å². The minimum atomic E-state index is -1.08. The van der Waals surface area contributed by atoms with Crippen LogP contribution in [-0.2, 0) is 0 Å². The number of nitrogens with zero attached hydrogens (tertiary/aromatic N) is 3. The zero-order valence-corrected chi connectivity index (χ0v) is 17.0. The van der Waals surface area contributed by atoms with Gasteiger partial charge in [-0.05, 0) is 54.8 Å². The van der Waals surface area contributed by atoms with Gasteiger partial charge < -0.3 is 20.8 Å². The molecule has 1 aliphatic rings. The van der Waals surface area contributed by atoms with E-state index in [-0.39, 0.29) is 29.6 Å². The van der Waals surface area contributed by atoms with Crippen LogP contribution in [-0.4, -0.2) is 45.6 Å². The second-order valence-electron chi connectivity index (χ2n) is 7.83. The number of phenolic OH excluding ortho intramolecular Hbond substituents is 1. The Morgan fingerprint density at radius 1 is 1.16 bits per heavy atom. The topological polar surface area (TPSA) is 113 Å². The van der Waals surface area contributed by atoms with Gasteiger partial charge in [-0.2, -0.15) is 0 Å². The molecule has 7 nitrogen and oxygen atoms in total. The number of nitrogens with two attached hydrogens (primary N) is 1. The molecule has 0 spiro atoms. The van der Waals surface area contributed by atoms with Crippen LogP contribution in [0.2, 0.25) is 0 Å². The maximum absolute atomic E-state index is 14.8. The number of rotatable bonds is 4. The summed E-state index contributed by atoms with van der Waals surface area (Å²) >= 11 is 0. The summed E-state index contributed by atoms with van der Waals surface area (Å²) in [6.07, 6.45) is -0.743. The first-order valence-electron chi connectivity index (χ1n) is 9.98. The molecule has 2 heterocycles. The van der Waals surface area contributed by atoms with Gasteiger partial charge in [0.25, 0.3) is 0 Å². The average Bonchev–Trinajstić information content (AvgIpc) is 2.74. The largest absolute Gasteiger partial charge is 0.507 e. The summed E-state index contributed by atoms with van der Waals surface area (Å²) in [4.78, 5) is 13.1. The number of hydrogen-bond acceptors (Lipinski definition) is 6. The Labute approximate surface area is 179 Å². The molecular formula is C23H23FN4O3. The Morgan fingerprint density at radius 2 is 1.94 bits per heavy atom. The Balaban J connectivity index is 1.67. The van der Waals surface area contributed by atoms with E-state index in [1.54, 1.807) is 48.5 Å². The molecule has 160 valence electrons. The number of aryl methyl sites for hydroxylation is 1. The van der Waals surface area contributed by atoms with Crippen molar-refractivity contribution in [3.8, 4) is 17.0 Å². The van der Waals surface area contributed by atoms with Crippen LogP contribution in [0.3, 0.4) is 0 Å². The number of aromatic carboxylic acids is 1. The molecule has 3 aromatic rings. The Kier molecular flexibility index (Phi) is 5.46. The summed E-state index contributed by atoms with van der Waals surface area (Å²) in [5.41, 5.74) is 9.54. The van der Waals surface area contributed by atoms with Gasteiger partial charge in [0.05, 0.1) is 16.9 Å². The predicted molar refractivity (Wildman–Crippen MR) is 116 cm³/mol. The molecule has 8 heteroatoms. The standard InChI is InChI=1S/C23H23FN4O3/c1-13-8-14(23(30)31)6-7-17(13)15-9-16(24)12-28(11-15)20-10-19(26-27-22(20)25)18-4-2-3-5-21(18)29/h2-8,10,15-16,29H,9,11-12H2,1H3,(H2,25,27)(H,30,31)/t15-,16+/m0/s1. The summed E-state index contributed by atoms with van der Waals surface area (Å²) < 4.78 is 14.8. The number of benzene rings is 2. The number of alkyl halides is 1. The summed E-state index contributed by atoms with van der Waals surface area (Å²) in [7, 11) is 0. The molecule has 0 aliphatic carbocycles. The minimum Gasteiger partial charge on any atom is -0.507 e. The van der Waals surface area contributed by atoms with E-state index in [1.165, 1.54) is 0 Å². The van der Waals surface area contributed by atoms with Crippen molar-refractivity contribution in [1.29, 1.82) is 0 Å². The quantitative estimate of drug-likeness (QED) is 0.587. The lowest BCUT2D eigenvalue weighted by atomic mass is 9.86. The number of piperidine rings is 1. The fourth-order valence-corrected chi connectivity index (χ4v) is 4.19. The first-order chi connectivity index (χ1) is 14.8.